The van der Waals surface area contributed by atoms with Crippen LogP contribution >= 0.6 is 0 Å². The van der Waals surface area contributed by atoms with Gasteiger partial charge in [0.05, 0.1) is 6.04 Å². The number of hydrogen-bond acceptors (Lipinski definition) is 2. The lowest BCUT2D eigenvalue weighted by molar-refractivity contribution is 0.401. The van der Waals surface area contributed by atoms with E-state index in [4.69, 9.17) is 0 Å². The molecule has 0 aromatic carbocycles. The van der Waals surface area contributed by atoms with Crippen LogP contribution in [0.3, 0.4) is 0 Å². The molecule has 0 spiro atoms. The van der Waals surface area contributed by atoms with Crippen molar-refractivity contribution in [3.8, 4) is 0 Å². The summed E-state index contributed by atoms with van der Waals surface area (Å²) < 4.78 is 0. The Labute approximate surface area is 62.1 Å². The van der Waals surface area contributed by atoms with Crippen LogP contribution in [0.1, 0.15) is 27.2 Å². The van der Waals surface area contributed by atoms with Crippen molar-refractivity contribution in [3.63, 3.8) is 0 Å². The summed E-state index contributed by atoms with van der Waals surface area (Å²) in [6.45, 7) is 6.49. The first-order valence-corrected chi connectivity index (χ1v) is 3.73. The van der Waals surface area contributed by atoms with Gasteiger partial charge < -0.3 is 0 Å². The van der Waals surface area contributed by atoms with Crippen LogP contribution in [0.2, 0.25) is 0 Å². The van der Waals surface area contributed by atoms with Gasteiger partial charge in [-0.15, -0.1) is 0 Å². The van der Waals surface area contributed by atoms with E-state index >= 15 is 0 Å². The number of rotatable bonds is 1. The topological polar surface area (TPSA) is 24.7 Å². The van der Waals surface area contributed by atoms with E-state index < -0.39 is 0 Å². The normalized spacial score (nSPS) is 28.9. The molecule has 1 aliphatic heterocycles. The average molecular weight is 138 g/mol. The Morgan fingerprint density at radius 2 is 2.20 bits per heavy atom. The Morgan fingerprint density at radius 1 is 1.50 bits per heavy atom. The molecule has 10 heavy (non-hydrogen) atoms. The molecule has 0 fully saturated rings. The molecular weight excluding hydrogens is 124 g/mol. The summed E-state index contributed by atoms with van der Waals surface area (Å²) in [5.41, 5.74) is 0.156. The summed E-state index contributed by atoms with van der Waals surface area (Å²) in [6, 6.07) is 0.421. The standard InChI is InChI=1S/C8H14N2/c1-4-7-8(2,3)5-9-6-10-7/h5-7H,4H2,1-3H3/t7-/m0/s1. The summed E-state index contributed by atoms with van der Waals surface area (Å²) in [5, 5.41) is 0. The second kappa shape index (κ2) is 2.52. The van der Waals surface area contributed by atoms with Gasteiger partial charge in [-0.3, -0.25) is 4.99 Å². The number of nitrogens with zero attached hydrogens (tertiary/aromatic N) is 2. The lowest BCUT2D eigenvalue weighted by Gasteiger charge is -2.28. The van der Waals surface area contributed by atoms with Gasteiger partial charge in [-0.25, -0.2) is 4.99 Å². The Kier molecular flexibility index (Phi) is 1.88. The van der Waals surface area contributed by atoms with Crippen LogP contribution in [0.4, 0.5) is 0 Å². The van der Waals surface area contributed by atoms with E-state index in [1.54, 1.807) is 6.34 Å². The molecule has 1 aliphatic rings. The molecule has 0 saturated carbocycles. The molecule has 1 heterocycles. The van der Waals surface area contributed by atoms with Gasteiger partial charge in [0.1, 0.15) is 6.34 Å². The molecule has 0 radical (unpaired) electrons. The molecule has 2 heteroatoms. The van der Waals surface area contributed by atoms with E-state index in [-0.39, 0.29) is 5.41 Å². The van der Waals surface area contributed by atoms with E-state index in [1.165, 1.54) is 0 Å². The fourth-order valence-corrected chi connectivity index (χ4v) is 1.25. The molecule has 0 aromatic heterocycles. The van der Waals surface area contributed by atoms with E-state index in [1.807, 2.05) is 6.21 Å². The minimum absolute atomic E-state index is 0.156. The van der Waals surface area contributed by atoms with Crippen molar-refractivity contribution in [2.75, 3.05) is 0 Å². The van der Waals surface area contributed by atoms with E-state index in [0.717, 1.165) is 6.42 Å². The summed E-state index contributed by atoms with van der Waals surface area (Å²) in [4.78, 5) is 8.29. The third-order valence-electron chi connectivity index (χ3n) is 1.97. The maximum atomic E-state index is 4.28. The highest BCUT2D eigenvalue weighted by Gasteiger charge is 2.26. The van der Waals surface area contributed by atoms with Crippen molar-refractivity contribution in [2.24, 2.45) is 15.4 Å². The summed E-state index contributed by atoms with van der Waals surface area (Å²) in [5.74, 6) is 0. The quantitative estimate of drug-likeness (QED) is 0.528. The fraction of sp³-hybridized carbons (Fsp3) is 0.750. The SMILES string of the molecule is CC[C@@H]1N=CN=CC1(C)C. The maximum absolute atomic E-state index is 4.28. The highest BCUT2D eigenvalue weighted by molar-refractivity contribution is 5.79. The summed E-state index contributed by atoms with van der Waals surface area (Å²) in [7, 11) is 0. The van der Waals surface area contributed by atoms with Crippen LogP contribution in [0.25, 0.3) is 0 Å². The van der Waals surface area contributed by atoms with Crippen molar-refractivity contribution >= 4 is 12.6 Å². The molecule has 0 aromatic rings. The maximum Gasteiger partial charge on any atom is 0.109 e. The fourth-order valence-electron chi connectivity index (χ4n) is 1.25. The highest BCUT2D eigenvalue weighted by Crippen LogP contribution is 2.25. The third kappa shape index (κ3) is 1.25. The van der Waals surface area contributed by atoms with Gasteiger partial charge in [0, 0.05) is 11.6 Å². The van der Waals surface area contributed by atoms with Crippen LogP contribution in [-0.4, -0.2) is 18.6 Å². The smallest absolute Gasteiger partial charge is 0.109 e. The number of aliphatic imine (C=N–C) groups is 2. The van der Waals surface area contributed by atoms with E-state index in [2.05, 4.69) is 30.8 Å². The highest BCUT2D eigenvalue weighted by atomic mass is 14.9. The monoisotopic (exact) mass is 138 g/mol. The van der Waals surface area contributed by atoms with Gasteiger partial charge in [0.2, 0.25) is 0 Å². The molecule has 0 aliphatic carbocycles. The summed E-state index contributed by atoms with van der Waals surface area (Å²) >= 11 is 0. The van der Waals surface area contributed by atoms with Crippen molar-refractivity contribution in [1.29, 1.82) is 0 Å². The molecule has 1 rings (SSSR count). The first-order valence-electron chi connectivity index (χ1n) is 3.73. The predicted octanol–water partition coefficient (Wildman–Crippen LogP) is 1.90. The second-order valence-corrected chi connectivity index (χ2v) is 3.29. The molecular formula is C8H14N2. The van der Waals surface area contributed by atoms with Crippen molar-refractivity contribution in [1.82, 2.24) is 0 Å². The zero-order chi connectivity index (χ0) is 7.61. The van der Waals surface area contributed by atoms with Crippen LogP contribution in [0.5, 0.6) is 0 Å². The van der Waals surface area contributed by atoms with Crippen LogP contribution in [-0.2, 0) is 0 Å². The van der Waals surface area contributed by atoms with Crippen molar-refractivity contribution < 1.29 is 0 Å². The molecule has 0 unspecified atom stereocenters. The molecule has 2 nitrogen and oxygen atoms in total. The Balaban J connectivity index is 2.74. The Bertz CT molecular complexity index is 168. The molecule has 0 amide bonds. The minimum atomic E-state index is 0.156. The summed E-state index contributed by atoms with van der Waals surface area (Å²) in [6.07, 6.45) is 4.73. The number of hydrogen-bond donors (Lipinski definition) is 0. The Hall–Kier alpha value is -0.660. The van der Waals surface area contributed by atoms with Gasteiger partial charge in [-0.1, -0.05) is 20.8 Å². The van der Waals surface area contributed by atoms with Crippen LogP contribution in [0.15, 0.2) is 9.98 Å². The molecule has 1 atom stereocenters. The van der Waals surface area contributed by atoms with Gasteiger partial charge in [-0.05, 0) is 6.42 Å². The lowest BCUT2D eigenvalue weighted by atomic mass is 9.84. The second-order valence-electron chi connectivity index (χ2n) is 3.29. The molecule has 0 saturated heterocycles. The zero-order valence-corrected chi connectivity index (χ0v) is 6.83. The van der Waals surface area contributed by atoms with Gasteiger partial charge in [0.25, 0.3) is 0 Å². The Morgan fingerprint density at radius 3 is 2.60 bits per heavy atom. The van der Waals surface area contributed by atoms with E-state index in [9.17, 15) is 0 Å². The van der Waals surface area contributed by atoms with Gasteiger partial charge in [0.15, 0.2) is 0 Å². The largest absolute Gasteiger partial charge is 0.269 e. The van der Waals surface area contributed by atoms with Gasteiger partial charge >= 0.3 is 0 Å². The predicted molar refractivity (Wildman–Crippen MR) is 44.8 cm³/mol. The van der Waals surface area contributed by atoms with Crippen molar-refractivity contribution in [3.05, 3.63) is 0 Å². The lowest BCUT2D eigenvalue weighted by Crippen LogP contribution is -2.30. The van der Waals surface area contributed by atoms with Crippen LogP contribution < -0.4 is 0 Å². The molecule has 0 bridgehead atoms. The first kappa shape index (κ1) is 7.45. The van der Waals surface area contributed by atoms with Gasteiger partial charge in [-0.2, -0.15) is 0 Å². The first-order chi connectivity index (χ1) is 4.67. The third-order valence-corrected chi connectivity index (χ3v) is 1.97. The minimum Gasteiger partial charge on any atom is -0.269 e. The van der Waals surface area contributed by atoms with Crippen molar-refractivity contribution in [2.45, 2.75) is 33.2 Å². The average Bonchev–Trinajstić information content (AvgIpc) is 1.87. The molecule has 0 N–H and O–H groups in total. The van der Waals surface area contributed by atoms with Crippen LogP contribution in [0, 0.1) is 5.41 Å². The van der Waals surface area contributed by atoms with E-state index in [0.29, 0.717) is 6.04 Å². The molecule has 56 valence electrons. The zero-order valence-electron chi connectivity index (χ0n) is 6.83.